The van der Waals surface area contributed by atoms with E-state index in [9.17, 15) is 4.79 Å². The fourth-order valence-electron chi connectivity index (χ4n) is 6.47. The monoisotopic (exact) mass is 419 g/mol. The van der Waals surface area contributed by atoms with Crippen LogP contribution in [0.1, 0.15) is 61.0 Å². The molecule has 5 nitrogen and oxygen atoms in total. The van der Waals surface area contributed by atoms with Gasteiger partial charge in [0.1, 0.15) is 0 Å². The highest BCUT2D eigenvalue weighted by molar-refractivity contribution is 6.33. The maximum Gasteiger partial charge on any atom is 0.252 e. The average Bonchev–Trinajstić information content (AvgIpc) is 2.67. The summed E-state index contributed by atoms with van der Waals surface area (Å²) >= 11 is 6.31. The van der Waals surface area contributed by atoms with Gasteiger partial charge in [-0.15, -0.1) is 0 Å². The van der Waals surface area contributed by atoms with Crippen molar-refractivity contribution in [1.29, 1.82) is 0 Å². The molecule has 4 saturated carbocycles. The standard InChI is InChI=1S/C23H34ClN3O2/c1-27(5-6-28)4-2-3-19-10-20(21(24)14-25-19)22(29)26-15-23-11-16-7-17(12-23)9-18(8-16)13-23/h10,14,16-18,28H,2-9,11-13,15H2,1H3,(H,26,29). The molecule has 0 saturated heterocycles. The topological polar surface area (TPSA) is 65.5 Å². The number of likely N-dealkylation sites (N-methyl/N-ethyl adjacent to an activating group) is 1. The Kier molecular flexibility index (Phi) is 6.47. The van der Waals surface area contributed by atoms with Crippen LogP contribution in [0, 0.1) is 23.2 Å². The molecule has 0 atom stereocenters. The van der Waals surface area contributed by atoms with E-state index in [0.717, 1.165) is 49.4 Å². The molecule has 0 aromatic carbocycles. The number of hydrogen-bond donors (Lipinski definition) is 2. The molecule has 6 heteroatoms. The fourth-order valence-corrected chi connectivity index (χ4v) is 6.66. The SMILES string of the molecule is CN(CCO)CCCc1cc(C(=O)NCC23CC4CC(CC(C4)C2)C3)c(Cl)cn1. The minimum Gasteiger partial charge on any atom is -0.395 e. The van der Waals surface area contributed by atoms with E-state index in [1.807, 2.05) is 13.1 Å². The number of carbonyl (C=O) groups excluding carboxylic acids is 1. The smallest absolute Gasteiger partial charge is 0.252 e. The summed E-state index contributed by atoms with van der Waals surface area (Å²) in [5, 5.41) is 12.6. The Hall–Kier alpha value is -1.17. The largest absolute Gasteiger partial charge is 0.395 e. The number of rotatable bonds is 9. The molecule has 1 aromatic heterocycles. The van der Waals surface area contributed by atoms with Crippen LogP contribution in [-0.2, 0) is 6.42 Å². The number of aromatic nitrogens is 1. The van der Waals surface area contributed by atoms with Gasteiger partial charge in [0.15, 0.2) is 0 Å². The Morgan fingerprint density at radius 2 is 1.90 bits per heavy atom. The quantitative estimate of drug-likeness (QED) is 0.642. The molecule has 0 unspecified atom stereocenters. The van der Waals surface area contributed by atoms with E-state index in [4.69, 9.17) is 16.7 Å². The molecule has 4 bridgehead atoms. The Morgan fingerprint density at radius 1 is 1.24 bits per heavy atom. The highest BCUT2D eigenvalue weighted by Gasteiger charge is 2.50. The second-order valence-corrected chi connectivity index (χ2v) is 10.3. The van der Waals surface area contributed by atoms with E-state index >= 15 is 0 Å². The molecular formula is C23H34ClN3O2. The van der Waals surface area contributed by atoms with Crippen LogP contribution in [0.2, 0.25) is 5.02 Å². The molecule has 29 heavy (non-hydrogen) atoms. The van der Waals surface area contributed by atoms with Crippen molar-refractivity contribution in [3.63, 3.8) is 0 Å². The minimum atomic E-state index is -0.0632. The van der Waals surface area contributed by atoms with E-state index in [0.29, 0.717) is 22.5 Å². The van der Waals surface area contributed by atoms with Gasteiger partial charge in [-0.25, -0.2) is 0 Å². The van der Waals surface area contributed by atoms with Gasteiger partial charge in [-0.05, 0) is 94.2 Å². The number of pyridine rings is 1. The number of halogens is 1. The molecule has 4 aliphatic carbocycles. The number of amides is 1. The van der Waals surface area contributed by atoms with E-state index in [2.05, 4.69) is 15.2 Å². The van der Waals surface area contributed by atoms with E-state index in [1.54, 1.807) is 6.20 Å². The molecule has 4 aliphatic rings. The zero-order valence-electron chi connectivity index (χ0n) is 17.5. The summed E-state index contributed by atoms with van der Waals surface area (Å²) in [6.45, 7) is 2.52. The van der Waals surface area contributed by atoms with Gasteiger partial charge in [0.2, 0.25) is 0 Å². The van der Waals surface area contributed by atoms with Crippen molar-refractivity contribution < 1.29 is 9.90 Å². The normalized spacial score (nSPS) is 30.1. The first-order valence-corrected chi connectivity index (χ1v) is 11.6. The van der Waals surface area contributed by atoms with Gasteiger partial charge in [0.05, 0.1) is 17.2 Å². The highest BCUT2D eigenvalue weighted by Crippen LogP contribution is 2.59. The van der Waals surface area contributed by atoms with Crippen LogP contribution < -0.4 is 5.32 Å². The van der Waals surface area contributed by atoms with Gasteiger partial charge in [-0.1, -0.05) is 11.6 Å². The second kappa shape index (κ2) is 8.91. The predicted octanol–water partition coefficient (Wildman–Crippen LogP) is 3.54. The molecule has 1 heterocycles. The van der Waals surface area contributed by atoms with Crippen LogP contribution in [-0.4, -0.2) is 54.2 Å². The van der Waals surface area contributed by atoms with Crippen molar-refractivity contribution in [3.8, 4) is 0 Å². The summed E-state index contributed by atoms with van der Waals surface area (Å²) in [6, 6.07) is 1.85. The summed E-state index contributed by atoms with van der Waals surface area (Å²) in [6.07, 6.45) is 11.4. The van der Waals surface area contributed by atoms with Crippen molar-refractivity contribution in [3.05, 3.63) is 28.5 Å². The zero-order valence-corrected chi connectivity index (χ0v) is 18.3. The number of hydrogen-bond acceptors (Lipinski definition) is 4. The zero-order chi connectivity index (χ0) is 20.4. The average molecular weight is 420 g/mol. The molecule has 5 rings (SSSR count). The van der Waals surface area contributed by atoms with Gasteiger partial charge in [0, 0.05) is 25.0 Å². The van der Waals surface area contributed by atoms with Crippen molar-refractivity contribution in [1.82, 2.24) is 15.2 Å². The fraction of sp³-hybridized carbons (Fsp3) is 0.739. The third-order valence-electron chi connectivity index (χ3n) is 7.40. The van der Waals surface area contributed by atoms with E-state index in [-0.39, 0.29) is 12.5 Å². The van der Waals surface area contributed by atoms with Crippen LogP contribution in [0.25, 0.3) is 0 Å². The maximum atomic E-state index is 12.9. The molecular weight excluding hydrogens is 386 g/mol. The molecule has 0 spiro atoms. The first kappa shape index (κ1) is 21.1. The Morgan fingerprint density at radius 3 is 2.52 bits per heavy atom. The summed E-state index contributed by atoms with van der Waals surface area (Å²) < 4.78 is 0. The molecule has 2 N–H and O–H groups in total. The van der Waals surface area contributed by atoms with Crippen molar-refractivity contribution in [2.24, 2.45) is 23.2 Å². The van der Waals surface area contributed by atoms with Gasteiger partial charge < -0.3 is 15.3 Å². The highest BCUT2D eigenvalue weighted by atomic mass is 35.5. The molecule has 160 valence electrons. The van der Waals surface area contributed by atoms with Crippen molar-refractivity contribution in [2.45, 2.75) is 51.4 Å². The first-order chi connectivity index (χ1) is 14.0. The molecule has 0 radical (unpaired) electrons. The van der Waals surface area contributed by atoms with Gasteiger partial charge in [0.25, 0.3) is 5.91 Å². The van der Waals surface area contributed by atoms with Crippen LogP contribution in [0.15, 0.2) is 12.3 Å². The van der Waals surface area contributed by atoms with Crippen LogP contribution in [0.4, 0.5) is 0 Å². The van der Waals surface area contributed by atoms with Gasteiger partial charge >= 0.3 is 0 Å². The molecule has 1 aromatic rings. The third kappa shape index (κ3) is 4.95. The number of aliphatic hydroxyl groups is 1. The lowest BCUT2D eigenvalue weighted by Crippen LogP contribution is -2.51. The van der Waals surface area contributed by atoms with Crippen molar-refractivity contribution in [2.75, 3.05) is 33.3 Å². The Balaban J connectivity index is 1.33. The lowest BCUT2D eigenvalue weighted by atomic mass is 9.49. The van der Waals surface area contributed by atoms with Crippen molar-refractivity contribution >= 4 is 17.5 Å². The number of carbonyl (C=O) groups is 1. The second-order valence-electron chi connectivity index (χ2n) is 9.89. The van der Waals surface area contributed by atoms with E-state index < -0.39 is 0 Å². The molecule has 1 amide bonds. The summed E-state index contributed by atoms with van der Waals surface area (Å²) in [5.41, 5.74) is 1.76. The lowest BCUT2D eigenvalue weighted by Gasteiger charge is -2.56. The number of nitrogens with zero attached hydrogens (tertiary/aromatic N) is 2. The van der Waals surface area contributed by atoms with Crippen LogP contribution >= 0.6 is 11.6 Å². The van der Waals surface area contributed by atoms with Crippen LogP contribution in [0.5, 0.6) is 0 Å². The maximum absolute atomic E-state index is 12.9. The lowest BCUT2D eigenvalue weighted by molar-refractivity contribution is -0.0503. The van der Waals surface area contributed by atoms with Gasteiger partial charge in [-0.3, -0.25) is 9.78 Å². The molecule has 0 aliphatic heterocycles. The number of aryl methyl sites for hydroxylation is 1. The molecule has 4 fully saturated rings. The summed E-state index contributed by atoms with van der Waals surface area (Å²) in [5.74, 6) is 2.60. The Labute approximate surface area is 179 Å². The predicted molar refractivity (Wildman–Crippen MR) is 115 cm³/mol. The number of nitrogens with one attached hydrogen (secondary N) is 1. The third-order valence-corrected chi connectivity index (χ3v) is 7.70. The van der Waals surface area contributed by atoms with Crippen LogP contribution in [0.3, 0.4) is 0 Å². The minimum absolute atomic E-state index is 0.0632. The van der Waals surface area contributed by atoms with Gasteiger partial charge in [-0.2, -0.15) is 0 Å². The Bertz CT molecular complexity index is 704. The summed E-state index contributed by atoms with van der Waals surface area (Å²) in [4.78, 5) is 19.4. The van der Waals surface area contributed by atoms with E-state index in [1.165, 1.54) is 38.5 Å². The first-order valence-electron chi connectivity index (χ1n) is 11.2. The summed E-state index contributed by atoms with van der Waals surface area (Å²) in [7, 11) is 1.99. The number of aliphatic hydroxyl groups excluding tert-OH is 1.